The standard InChI is InChI=1S/C20H23FN4O2.HI/c1-3-12-27-18-7-5-4-6-15(18)13-23-20(22-2)24-14-19(26)25-17-10-8-16(21)9-11-17;/h3-11H,1,12-14H2,2H3,(H,25,26)(H2,22,23,24);1H. The van der Waals surface area contributed by atoms with Crippen molar-refractivity contribution in [2.24, 2.45) is 4.99 Å². The molecule has 0 aliphatic rings. The Bertz CT molecular complexity index is 797. The van der Waals surface area contributed by atoms with Crippen molar-refractivity contribution in [1.29, 1.82) is 0 Å². The van der Waals surface area contributed by atoms with Crippen molar-refractivity contribution in [1.82, 2.24) is 10.6 Å². The normalized spacial score (nSPS) is 10.4. The summed E-state index contributed by atoms with van der Waals surface area (Å²) in [6, 6.07) is 13.2. The van der Waals surface area contributed by atoms with Gasteiger partial charge in [0.1, 0.15) is 18.2 Å². The van der Waals surface area contributed by atoms with E-state index in [1.54, 1.807) is 13.1 Å². The fourth-order valence-electron chi connectivity index (χ4n) is 2.24. The number of hydrogen-bond donors (Lipinski definition) is 3. The van der Waals surface area contributed by atoms with E-state index < -0.39 is 0 Å². The number of amides is 1. The van der Waals surface area contributed by atoms with Gasteiger partial charge in [-0.25, -0.2) is 4.39 Å². The van der Waals surface area contributed by atoms with Crippen molar-refractivity contribution < 1.29 is 13.9 Å². The van der Waals surface area contributed by atoms with Crippen LogP contribution < -0.4 is 20.7 Å². The van der Waals surface area contributed by atoms with Crippen LogP contribution in [0, 0.1) is 5.82 Å². The van der Waals surface area contributed by atoms with Crippen LogP contribution in [0.15, 0.2) is 66.2 Å². The van der Waals surface area contributed by atoms with Gasteiger partial charge in [-0.2, -0.15) is 0 Å². The summed E-state index contributed by atoms with van der Waals surface area (Å²) >= 11 is 0. The molecular formula is C20H24FIN4O2. The summed E-state index contributed by atoms with van der Waals surface area (Å²) in [4.78, 5) is 16.1. The minimum Gasteiger partial charge on any atom is -0.489 e. The second kappa shape index (κ2) is 12.7. The molecule has 0 bridgehead atoms. The number of nitrogens with zero attached hydrogens (tertiary/aromatic N) is 1. The molecule has 3 N–H and O–H groups in total. The maximum absolute atomic E-state index is 12.9. The van der Waals surface area contributed by atoms with Crippen molar-refractivity contribution >= 4 is 41.5 Å². The lowest BCUT2D eigenvalue weighted by Crippen LogP contribution is -2.41. The molecule has 0 saturated heterocycles. The van der Waals surface area contributed by atoms with Gasteiger partial charge in [-0.15, -0.1) is 24.0 Å². The fraction of sp³-hybridized carbons (Fsp3) is 0.200. The van der Waals surface area contributed by atoms with E-state index in [2.05, 4.69) is 27.5 Å². The van der Waals surface area contributed by atoms with Crippen LogP contribution in [0.25, 0.3) is 0 Å². The van der Waals surface area contributed by atoms with Gasteiger partial charge >= 0.3 is 0 Å². The van der Waals surface area contributed by atoms with E-state index in [1.807, 2.05) is 24.3 Å². The summed E-state index contributed by atoms with van der Waals surface area (Å²) in [5.74, 6) is 0.615. The van der Waals surface area contributed by atoms with Gasteiger partial charge in [0.15, 0.2) is 5.96 Å². The van der Waals surface area contributed by atoms with Gasteiger partial charge in [0.05, 0.1) is 6.54 Å². The molecule has 2 aromatic rings. The summed E-state index contributed by atoms with van der Waals surface area (Å²) < 4.78 is 18.5. The number of nitrogens with one attached hydrogen (secondary N) is 3. The summed E-state index contributed by atoms with van der Waals surface area (Å²) in [6.07, 6.45) is 1.68. The third-order valence-electron chi connectivity index (χ3n) is 3.54. The fourth-order valence-corrected chi connectivity index (χ4v) is 2.24. The predicted octanol–water partition coefficient (Wildman–Crippen LogP) is 3.31. The maximum Gasteiger partial charge on any atom is 0.243 e. The zero-order valence-corrected chi connectivity index (χ0v) is 17.9. The van der Waals surface area contributed by atoms with E-state index in [0.717, 1.165) is 11.3 Å². The van der Waals surface area contributed by atoms with Crippen LogP contribution >= 0.6 is 24.0 Å². The first-order chi connectivity index (χ1) is 13.1. The molecule has 2 aromatic carbocycles. The molecule has 28 heavy (non-hydrogen) atoms. The van der Waals surface area contributed by atoms with Crippen LogP contribution in [0.1, 0.15) is 5.56 Å². The first-order valence-corrected chi connectivity index (χ1v) is 8.44. The number of ether oxygens (including phenoxy) is 1. The Balaban J connectivity index is 0.00000392. The number of anilines is 1. The number of benzene rings is 2. The SMILES string of the molecule is C=CCOc1ccccc1CNC(=NC)NCC(=O)Nc1ccc(F)cc1.I. The highest BCUT2D eigenvalue weighted by molar-refractivity contribution is 14.0. The first kappa shape index (κ1) is 23.4. The number of guanidine groups is 1. The smallest absolute Gasteiger partial charge is 0.243 e. The zero-order chi connectivity index (χ0) is 19.5. The van der Waals surface area contributed by atoms with Crippen LogP contribution in [-0.2, 0) is 11.3 Å². The zero-order valence-electron chi connectivity index (χ0n) is 15.6. The topological polar surface area (TPSA) is 74.8 Å². The Hall–Kier alpha value is -2.62. The van der Waals surface area contributed by atoms with Gasteiger partial charge in [0, 0.05) is 24.8 Å². The Kier molecular flexibility index (Phi) is 10.6. The quantitative estimate of drug-likeness (QED) is 0.226. The van der Waals surface area contributed by atoms with E-state index in [4.69, 9.17) is 4.74 Å². The number of aliphatic imine (C=N–C) groups is 1. The maximum atomic E-state index is 12.9. The minimum atomic E-state index is -0.354. The predicted molar refractivity (Wildman–Crippen MR) is 121 cm³/mol. The molecule has 0 fully saturated rings. The molecule has 6 nitrogen and oxygen atoms in total. The van der Waals surface area contributed by atoms with E-state index in [1.165, 1.54) is 24.3 Å². The molecule has 150 valence electrons. The lowest BCUT2D eigenvalue weighted by atomic mass is 10.2. The van der Waals surface area contributed by atoms with Crippen LogP contribution in [0.3, 0.4) is 0 Å². The number of carbonyl (C=O) groups excluding carboxylic acids is 1. The van der Waals surface area contributed by atoms with Crippen molar-refractivity contribution in [3.8, 4) is 5.75 Å². The van der Waals surface area contributed by atoms with Crippen LogP contribution in [0.5, 0.6) is 5.75 Å². The Morgan fingerprint density at radius 3 is 2.57 bits per heavy atom. The lowest BCUT2D eigenvalue weighted by Gasteiger charge is -2.14. The molecule has 1 amide bonds. The lowest BCUT2D eigenvalue weighted by molar-refractivity contribution is -0.115. The van der Waals surface area contributed by atoms with E-state index in [9.17, 15) is 9.18 Å². The number of halogens is 2. The molecule has 0 aliphatic heterocycles. The van der Waals surface area contributed by atoms with Crippen molar-refractivity contribution in [3.63, 3.8) is 0 Å². The monoisotopic (exact) mass is 498 g/mol. The van der Waals surface area contributed by atoms with E-state index in [0.29, 0.717) is 24.8 Å². The van der Waals surface area contributed by atoms with Crippen LogP contribution in [0.2, 0.25) is 0 Å². The second-order valence-corrected chi connectivity index (χ2v) is 5.54. The number of rotatable bonds is 8. The molecule has 8 heteroatoms. The Morgan fingerprint density at radius 2 is 1.89 bits per heavy atom. The number of carbonyl (C=O) groups is 1. The number of para-hydroxylation sites is 1. The second-order valence-electron chi connectivity index (χ2n) is 5.54. The van der Waals surface area contributed by atoms with Crippen molar-refractivity contribution in [2.45, 2.75) is 6.54 Å². The van der Waals surface area contributed by atoms with Crippen LogP contribution in [0.4, 0.5) is 10.1 Å². The summed E-state index contributed by atoms with van der Waals surface area (Å²) in [6.45, 7) is 4.56. The molecular weight excluding hydrogens is 474 g/mol. The molecule has 0 aromatic heterocycles. The third kappa shape index (κ3) is 7.95. The first-order valence-electron chi connectivity index (χ1n) is 8.44. The third-order valence-corrected chi connectivity index (χ3v) is 3.54. The highest BCUT2D eigenvalue weighted by Gasteiger charge is 2.07. The summed E-state index contributed by atoms with van der Waals surface area (Å²) in [7, 11) is 1.62. The molecule has 0 saturated carbocycles. The largest absolute Gasteiger partial charge is 0.489 e. The van der Waals surface area contributed by atoms with Crippen molar-refractivity contribution in [2.75, 3.05) is 25.5 Å². The molecule has 0 aliphatic carbocycles. The van der Waals surface area contributed by atoms with Gasteiger partial charge in [-0.3, -0.25) is 9.79 Å². The highest BCUT2D eigenvalue weighted by atomic mass is 127. The summed E-state index contributed by atoms with van der Waals surface area (Å²) in [5.41, 5.74) is 1.48. The van der Waals surface area contributed by atoms with Crippen LogP contribution in [-0.4, -0.2) is 32.1 Å². The average molecular weight is 498 g/mol. The number of hydrogen-bond acceptors (Lipinski definition) is 3. The molecule has 0 unspecified atom stereocenters. The Labute approximate surface area is 181 Å². The van der Waals surface area contributed by atoms with Gasteiger partial charge in [0.2, 0.25) is 5.91 Å². The Morgan fingerprint density at radius 1 is 1.18 bits per heavy atom. The molecule has 0 spiro atoms. The molecule has 0 atom stereocenters. The van der Waals surface area contributed by atoms with Gasteiger partial charge in [0.25, 0.3) is 0 Å². The highest BCUT2D eigenvalue weighted by Crippen LogP contribution is 2.17. The summed E-state index contributed by atoms with van der Waals surface area (Å²) in [5, 5.41) is 8.74. The molecule has 2 rings (SSSR count). The minimum absolute atomic E-state index is 0. The van der Waals surface area contributed by atoms with Gasteiger partial charge < -0.3 is 20.7 Å². The molecule has 0 heterocycles. The van der Waals surface area contributed by atoms with Crippen molar-refractivity contribution in [3.05, 3.63) is 72.6 Å². The average Bonchev–Trinajstić information content (AvgIpc) is 2.69. The van der Waals surface area contributed by atoms with E-state index >= 15 is 0 Å². The molecule has 0 radical (unpaired) electrons. The van der Waals surface area contributed by atoms with Gasteiger partial charge in [-0.05, 0) is 30.3 Å². The van der Waals surface area contributed by atoms with Gasteiger partial charge in [-0.1, -0.05) is 30.9 Å². The van der Waals surface area contributed by atoms with E-state index in [-0.39, 0.29) is 42.2 Å².